The van der Waals surface area contributed by atoms with Crippen molar-refractivity contribution in [3.63, 3.8) is 0 Å². The standard InChI is InChI=1S/C45H58N2O/c1-42(2,3)35-23-31(24-36(27-35)43(4,5)6)29-46-39(33-19-15-13-16-20-33)40(34-21-17-14-18-22-34)47(41(46)48)30-32-25-37(44(7,8)9)28-38(26-32)45(10,11)12/h13-28,39-40H,29-30H2,1-12H3/t39-,40-/m0/s1. The van der Waals surface area contributed by atoms with Gasteiger partial charge in [0, 0.05) is 13.1 Å². The summed E-state index contributed by atoms with van der Waals surface area (Å²) in [6, 6.07) is 35.1. The van der Waals surface area contributed by atoms with E-state index in [0.29, 0.717) is 13.1 Å². The molecule has 0 bridgehead atoms. The van der Waals surface area contributed by atoms with E-state index in [4.69, 9.17) is 0 Å². The van der Waals surface area contributed by atoms with Crippen LogP contribution < -0.4 is 0 Å². The first-order valence-corrected chi connectivity index (χ1v) is 17.7. The van der Waals surface area contributed by atoms with E-state index in [-0.39, 0.29) is 39.8 Å². The van der Waals surface area contributed by atoms with Crippen molar-refractivity contribution < 1.29 is 4.79 Å². The molecule has 0 spiro atoms. The molecule has 1 saturated heterocycles. The van der Waals surface area contributed by atoms with Gasteiger partial charge in [0.25, 0.3) is 0 Å². The summed E-state index contributed by atoms with van der Waals surface area (Å²) in [5.74, 6) is 0. The maximum absolute atomic E-state index is 15.1. The Kier molecular flexibility index (Phi) is 9.51. The Labute approximate surface area is 291 Å². The van der Waals surface area contributed by atoms with Crippen LogP contribution in [0.2, 0.25) is 0 Å². The third kappa shape index (κ3) is 7.72. The van der Waals surface area contributed by atoms with Gasteiger partial charge in [-0.2, -0.15) is 0 Å². The Morgan fingerprint density at radius 1 is 0.438 bits per heavy atom. The van der Waals surface area contributed by atoms with E-state index in [1.807, 2.05) is 0 Å². The first-order chi connectivity index (χ1) is 22.2. The third-order valence-corrected chi connectivity index (χ3v) is 9.90. The molecule has 0 aromatic heterocycles. The topological polar surface area (TPSA) is 23.6 Å². The van der Waals surface area contributed by atoms with Crippen LogP contribution >= 0.6 is 0 Å². The van der Waals surface area contributed by atoms with Crippen LogP contribution in [-0.2, 0) is 34.7 Å². The Morgan fingerprint density at radius 3 is 0.958 bits per heavy atom. The summed E-state index contributed by atoms with van der Waals surface area (Å²) in [7, 11) is 0. The predicted molar refractivity (Wildman–Crippen MR) is 203 cm³/mol. The van der Waals surface area contributed by atoms with Gasteiger partial charge in [0.1, 0.15) is 0 Å². The summed E-state index contributed by atoms with van der Waals surface area (Å²) in [6.07, 6.45) is 0. The molecule has 0 saturated carbocycles. The highest BCUT2D eigenvalue weighted by molar-refractivity contribution is 5.79. The minimum atomic E-state index is -0.148. The molecule has 0 unspecified atom stereocenters. The fourth-order valence-corrected chi connectivity index (χ4v) is 6.79. The normalized spacial score (nSPS) is 17.7. The van der Waals surface area contributed by atoms with Gasteiger partial charge in [-0.25, -0.2) is 4.79 Å². The van der Waals surface area contributed by atoms with Crippen molar-refractivity contribution in [2.24, 2.45) is 0 Å². The number of hydrogen-bond acceptors (Lipinski definition) is 1. The molecule has 4 aromatic rings. The van der Waals surface area contributed by atoms with Gasteiger partial charge in [-0.05, 0) is 66.2 Å². The fourth-order valence-electron chi connectivity index (χ4n) is 6.79. The van der Waals surface area contributed by atoms with Crippen LogP contribution in [0.5, 0.6) is 0 Å². The number of urea groups is 1. The van der Waals surface area contributed by atoms with Crippen molar-refractivity contribution in [1.29, 1.82) is 0 Å². The van der Waals surface area contributed by atoms with Gasteiger partial charge in [-0.1, -0.05) is 180 Å². The first kappa shape index (κ1) is 35.5. The molecular weight excluding hydrogens is 585 g/mol. The van der Waals surface area contributed by atoms with E-state index in [9.17, 15) is 0 Å². The van der Waals surface area contributed by atoms with Gasteiger partial charge < -0.3 is 9.80 Å². The zero-order valence-corrected chi connectivity index (χ0v) is 31.6. The van der Waals surface area contributed by atoms with E-state index in [1.54, 1.807) is 0 Å². The Morgan fingerprint density at radius 2 is 0.708 bits per heavy atom. The molecule has 1 aliphatic heterocycles. The average molecular weight is 643 g/mol. The summed E-state index contributed by atoms with van der Waals surface area (Å²) in [6.45, 7) is 28.4. The molecule has 4 aromatic carbocycles. The zero-order chi connectivity index (χ0) is 35.2. The van der Waals surface area contributed by atoms with Gasteiger partial charge in [-0.15, -0.1) is 0 Å². The lowest BCUT2D eigenvalue weighted by atomic mass is 9.79. The molecule has 1 fully saturated rings. The summed E-state index contributed by atoms with van der Waals surface area (Å²) < 4.78 is 0. The second kappa shape index (κ2) is 12.9. The third-order valence-electron chi connectivity index (χ3n) is 9.90. The summed E-state index contributed by atoms with van der Waals surface area (Å²) >= 11 is 0. The maximum Gasteiger partial charge on any atom is 0.321 e. The second-order valence-corrected chi connectivity index (χ2v) is 18.1. The Hall–Kier alpha value is -3.85. The molecule has 254 valence electrons. The van der Waals surface area contributed by atoms with Crippen molar-refractivity contribution in [2.45, 2.75) is 130 Å². The number of rotatable bonds is 6. The molecule has 1 heterocycles. The quantitative estimate of drug-likeness (QED) is 0.205. The van der Waals surface area contributed by atoms with Gasteiger partial charge in [-0.3, -0.25) is 0 Å². The number of nitrogens with zero attached hydrogens (tertiary/aromatic N) is 2. The van der Waals surface area contributed by atoms with E-state index >= 15 is 4.79 Å². The van der Waals surface area contributed by atoms with Crippen LogP contribution in [0.1, 0.15) is 140 Å². The number of benzene rings is 4. The van der Waals surface area contributed by atoms with Crippen molar-refractivity contribution in [1.82, 2.24) is 9.80 Å². The lowest BCUT2D eigenvalue weighted by molar-refractivity contribution is 0.181. The van der Waals surface area contributed by atoms with Crippen LogP contribution in [0, 0.1) is 0 Å². The highest BCUT2D eigenvalue weighted by Crippen LogP contribution is 2.47. The number of carbonyl (C=O) groups is 1. The largest absolute Gasteiger partial charge is 0.321 e. The molecule has 1 aliphatic rings. The van der Waals surface area contributed by atoms with E-state index in [1.165, 1.54) is 33.4 Å². The van der Waals surface area contributed by atoms with Gasteiger partial charge in [0.15, 0.2) is 0 Å². The second-order valence-electron chi connectivity index (χ2n) is 18.1. The van der Waals surface area contributed by atoms with Crippen LogP contribution in [0.4, 0.5) is 4.79 Å². The minimum Gasteiger partial charge on any atom is -0.311 e. The first-order valence-electron chi connectivity index (χ1n) is 17.7. The molecule has 3 heteroatoms. The Bertz CT molecular complexity index is 1530. The van der Waals surface area contributed by atoms with Crippen LogP contribution in [0.25, 0.3) is 0 Å². The summed E-state index contributed by atoms with van der Waals surface area (Å²) in [5, 5.41) is 0. The smallest absolute Gasteiger partial charge is 0.311 e. The molecule has 3 nitrogen and oxygen atoms in total. The summed E-state index contributed by atoms with van der Waals surface area (Å²) in [4.78, 5) is 19.3. The number of hydrogen-bond donors (Lipinski definition) is 0. The summed E-state index contributed by atoms with van der Waals surface area (Å²) in [5.41, 5.74) is 9.85. The highest BCUT2D eigenvalue weighted by Gasteiger charge is 2.47. The SMILES string of the molecule is CC(C)(C)c1cc(CN2C(=O)N(Cc3cc(C(C)(C)C)cc(C(C)(C)C)c3)[C@@H](c3ccccc3)[C@@H]2c2ccccc2)cc(C(C)(C)C)c1. The molecule has 48 heavy (non-hydrogen) atoms. The van der Waals surface area contributed by atoms with Crippen LogP contribution in [0.3, 0.4) is 0 Å². The van der Waals surface area contributed by atoms with E-state index in [2.05, 4.69) is 190 Å². The lowest BCUT2D eigenvalue weighted by Crippen LogP contribution is -2.32. The molecule has 5 rings (SSSR count). The van der Waals surface area contributed by atoms with Gasteiger partial charge >= 0.3 is 6.03 Å². The molecule has 2 atom stereocenters. The number of carbonyl (C=O) groups excluding carboxylic acids is 1. The van der Waals surface area contributed by atoms with Crippen LogP contribution in [0.15, 0.2) is 97.1 Å². The molecular formula is C45H58N2O. The Balaban J connectivity index is 1.68. The lowest BCUT2D eigenvalue weighted by Gasteiger charge is -2.31. The van der Waals surface area contributed by atoms with Crippen molar-refractivity contribution in [3.05, 3.63) is 142 Å². The minimum absolute atomic E-state index is 0.00863. The highest BCUT2D eigenvalue weighted by atomic mass is 16.2. The van der Waals surface area contributed by atoms with Crippen molar-refractivity contribution >= 4 is 6.03 Å². The van der Waals surface area contributed by atoms with E-state index in [0.717, 1.165) is 11.1 Å². The van der Waals surface area contributed by atoms with Gasteiger partial charge in [0.2, 0.25) is 0 Å². The molecule has 0 aliphatic carbocycles. The van der Waals surface area contributed by atoms with Crippen LogP contribution in [-0.4, -0.2) is 15.8 Å². The zero-order valence-electron chi connectivity index (χ0n) is 31.6. The molecule has 2 amide bonds. The average Bonchev–Trinajstić information content (AvgIpc) is 3.26. The monoisotopic (exact) mass is 642 g/mol. The molecule has 0 radical (unpaired) electrons. The van der Waals surface area contributed by atoms with Gasteiger partial charge in [0.05, 0.1) is 12.1 Å². The molecule has 0 N–H and O–H groups in total. The van der Waals surface area contributed by atoms with Crippen molar-refractivity contribution in [3.8, 4) is 0 Å². The van der Waals surface area contributed by atoms with Crippen molar-refractivity contribution in [2.75, 3.05) is 0 Å². The van der Waals surface area contributed by atoms with E-state index < -0.39 is 0 Å². The number of amides is 2. The predicted octanol–water partition coefficient (Wildman–Crippen LogP) is 11.8. The fraction of sp³-hybridized carbons (Fsp3) is 0.444. The maximum atomic E-state index is 15.1.